The Morgan fingerprint density at radius 3 is 2.28 bits per heavy atom. The topological polar surface area (TPSA) is 36.4 Å². The lowest BCUT2D eigenvalue weighted by molar-refractivity contribution is 0.112. The highest BCUT2D eigenvalue weighted by Crippen LogP contribution is 2.30. The van der Waals surface area contributed by atoms with Crippen molar-refractivity contribution in [2.45, 2.75) is 45.6 Å². The highest BCUT2D eigenvalue weighted by Gasteiger charge is 2.18. The second kappa shape index (κ2) is 10.7. The third kappa shape index (κ3) is 5.79. The first-order valence-corrected chi connectivity index (χ1v) is 11.1. The molecular weight excluding hydrogens is 380 g/mol. The van der Waals surface area contributed by atoms with Crippen molar-refractivity contribution in [2.24, 2.45) is 0 Å². The van der Waals surface area contributed by atoms with Gasteiger partial charge in [-0.3, -0.25) is 0 Å². The Morgan fingerprint density at radius 1 is 0.966 bits per heavy atom. The molecule has 2 aromatic carbocycles. The minimum absolute atomic E-state index is 0.553. The van der Waals surface area contributed by atoms with E-state index in [1.807, 2.05) is 48.5 Å². The van der Waals surface area contributed by atoms with E-state index < -0.39 is 6.10 Å². The van der Waals surface area contributed by atoms with E-state index in [2.05, 4.69) is 24.8 Å². The Morgan fingerprint density at radius 2 is 1.62 bits per heavy atom. The van der Waals surface area contributed by atoms with E-state index in [9.17, 15) is 5.11 Å². The van der Waals surface area contributed by atoms with Crippen molar-refractivity contribution < 1.29 is 5.11 Å². The molecule has 3 rings (SSSR count). The zero-order valence-electron chi connectivity index (χ0n) is 17.4. The molecule has 154 valence electrons. The van der Waals surface area contributed by atoms with Gasteiger partial charge in [-0.2, -0.15) is 0 Å². The fourth-order valence-electron chi connectivity index (χ4n) is 3.65. The molecule has 0 saturated heterocycles. The van der Waals surface area contributed by atoms with Crippen LogP contribution < -0.4 is 0 Å². The molecule has 0 aliphatic rings. The number of fused-ring (bicyclic) bond motifs is 1. The van der Waals surface area contributed by atoms with Crippen molar-refractivity contribution in [3.63, 3.8) is 0 Å². The van der Waals surface area contributed by atoms with Gasteiger partial charge >= 0.3 is 0 Å². The van der Waals surface area contributed by atoms with E-state index in [1.165, 1.54) is 0 Å². The van der Waals surface area contributed by atoms with Crippen molar-refractivity contribution >= 4 is 22.5 Å². The van der Waals surface area contributed by atoms with Gasteiger partial charge in [0.05, 0.1) is 17.3 Å². The zero-order chi connectivity index (χ0) is 20.6. The number of hydrogen-bond donors (Lipinski definition) is 1. The van der Waals surface area contributed by atoms with E-state index in [-0.39, 0.29) is 0 Å². The molecule has 1 unspecified atom stereocenters. The van der Waals surface area contributed by atoms with Gasteiger partial charge in [-0.1, -0.05) is 68.6 Å². The lowest BCUT2D eigenvalue weighted by atomic mass is 9.99. The average Bonchev–Trinajstić information content (AvgIpc) is 2.75. The average molecular weight is 411 g/mol. The summed E-state index contributed by atoms with van der Waals surface area (Å²) < 4.78 is 0. The summed E-state index contributed by atoms with van der Waals surface area (Å²) in [4.78, 5) is 7.23. The monoisotopic (exact) mass is 410 g/mol. The minimum atomic E-state index is -0.553. The van der Waals surface area contributed by atoms with Gasteiger partial charge < -0.3 is 10.0 Å². The van der Waals surface area contributed by atoms with Crippen LogP contribution in [0, 0.1) is 0 Å². The number of benzene rings is 2. The largest absolute Gasteiger partial charge is 0.387 e. The van der Waals surface area contributed by atoms with Crippen LogP contribution in [0.3, 0.4) is 0 Å². The van der Waals surface area contributed by atoms with Crippen LogP contribution >= 0.6 is 11.6 Å². The van der Waals surface area contributed by atoms with E-state index in [0.717, 1.165) is 66.5 Å². The number of halogens is 1. The number of unbranched alkanes of at least 4 members (excludes halogenated alkanes) is 2. The van der Waals surface area contributed by atoms with E-state index >= 15 is 0 Å². The smallest absolute Gasteiger partial charge is 0.0924 e. The van der Waals surface area contributed by atoms with Crippen LogP contribution in [-0.2, 0) is 0 Å². The molecule has 1 atom stereocenters. The fourth-order valence-corrected chi connectivity index (χ4v) is 3.77. The maximum absolute atomic E-state index is 11.2. The molecule has 0 fully saturated rings. The molecule has 1 N–H and O–H groups in total. The summed E-state index contributed by atoms with van der Waals surface area (Å²) in [6.45, 7) is 7.13. The Hall–Kier alpha value is -1.94. The van der Waals surface area contributed by atoms with Crippen LogP contribution in [0.25, 0.3) is 22.2 Å². The number of rotatable bonds is 10. The molecule has 0 amide bonds. The summed E-state index contributed by atoms with van der Waals surface area (Å²) in [6, 6.07) is 17.8. The molecule has 0 radical (unpaired) electrons. The molecule has 1 heterocycles. The number of pyridine rings is 1. The Balaban J connectivity index is 1.94. The molecule has 0 saturated carbocycles. The molecule has 1 aromatic heterocycles. The van der Waals surface area contributed by atoms with Gasteiger partial charge in [0.25, 0.3) is 0 Å². The summed E-state index contributed by atoms with van der Waals surface area (Å²) in [7, 11) is 0. The molecule has 0 bridgehead atoms. The SMILES string of the molecule is CCCCN(CCCC)CC(O)c1cc(-c2ccc(Cl)cc2)nc2ccccc12. The van der Waals surface area contributed by atoms with Crippen molar-refractivity contribution in [2.75, 3.05) is 19.6 Å². The van der Waals surface area contributed by atoms with E-state index in [1.54, 1.807) is 0 Å². The van der Waals surface area contributed by atoms with Crippen molar-refractivity contribution in [3.05, 3.63) is 65.2 Å². The first kappa shape index (κ1) is 21.8. The van der Waals surface area contributed by atoms with Crippen LogP contribution in [-0.4, -0.2) is 34.6 Å². The Bertz CT molecular complexity index is 902. The van der Waals surface area contributed by atoms with Gasteiger partial charge in [0.1, 0.15) is 0 Å². The highest BCUT2D eigenvalue weighted by molar-refractivity contribution is 6.30. The van der Waals surface area contributed by atoms with Crippen LogP contribution in [0.5, 0.6) is 0 Å². The lowest BCUT2D eigenvalue weighted by Gasteiger charge is -2.26. The summed E-state index contributed by atoms with van der Waals surface area (Å²) in [5, 5.41) is 12.9. The van der Waals surface area contributed by atoms with Crippen LogP contribution in [0.4, 0.5) is 0 Å². The number of nitrogens with zero attached hydrogens (tertiary/aromatic N) is 2. The molecule has 0 spiro atoms. The standard InChI is InChI=1S/C25H31ClN2O/c1-3-5-15-28(16-6-4-2)18-25(29)22-17-24(19-11-13-20(26)14-12-19)27-23-10-8-7-9-21(22)23/h7-14,17,25,29H,3-6,15-16,18H2,1-2H3. The molecule has 3 aromatic rings. The van der Waals surface area contributed by atoms with Gasteiger partial charge in [-0.15, -0.1) is 0 Å². The normalized spacial score (nSPS) is 12.6. The summed E-state index contributed by atoms with van der Waals surface area (Å²) in [5.74, 6) is 0. The molecular formula is C25H31ClN2O. The molecule has 0 aliphatic heterocycles. The Kier molecular flexibility index (Phi) is 8.05. The van der Waals surface area contributed by atoms with Gasteiger partial charge in [-0.05, 0) is 55.8 Å². The van der Waals surface area contributed by atoms with Crippen molar-refractivity contribution in [1.29, 1.82) is 0 Å². The number of para-hydroxylation sites is 1. The minimum Gasteiger partial charge on any atom is -0.387 e. The number of aliphatic hydroxyl groups excluding tert-OH is 1. The van der Waals surface area contributed by atoms with Crippen LogP contribution in [0.2, 0.25) is 5.02 Å². The number of aliphatic hydroxyl groups is 1. The van der Waals surface area contributed by atoms with Gasteiger partial charge in [0.2, 0.25) is 0 Å². The number of hydrogen-bond acceptors (Lipinski definition) is 3. The lowest BCUT2D eigenvalue weighted by Crippen LogP contribution is -2.31. The van der Waals surface area contributed by atoms with Gasteiger partial charge in [0, 0.05) is 22.5 Å². The molecule has 3 nitrogen and oxygen atoms in total. The zero-order valence-corrected chi connectivity index (χ0v) is 18.2. The maximum Gasteiger partial charge on any atom is 0.0924 e. The molecule has 0 aliphatic carbocycles. The summed E-state index contributed by atoms with van der Waals surface area (Å²) in [5.41, 5.74) is 3.71. The predicted octanol–water partition coefficient (Wildman–Crippen LogP) is 6.49. The van der Waals surface area contributed by atoms with Crippen molar-refractivity contribution in [1.82, 2.24) is 9.88 Å². The van der Waals surface area contributed by atoms with Crippen LogP contribution in [0.1, 0.15) is 51.2 Å². The second-order valence-corrected chi connectivity index (χ2v) is 8.08. The molecule has 29 heavy (non-hydrogen) atoms. The third-order valence-electron chi connectivity index (χ3n) is 5.33. The first-order valence-electron chi connectivity index (χ1n) is 10.7. The third-order valence-corrected chi connectivity index (χ3v) is 5.59. The second-order valence-electron chi connectivity index (χ2n) is 7.64. The van der Waals surface area contributed by atoms with Crippen LogP contribution in [0.15, 0.2) is 54.6 Å². The first-order chi connectivity index (χ1) is 14.1. The highest BCUT2D eigenvalue weighted by atomic mass is 35.5. The molecule has 4 heteroatoms. The van der Waals surface area contributed by atoms with Gasteiger partial charge in [0.15, 0.2) is 0 Å². The Labute approximate surface area is 179 Å². The fraction of sp³-hybridized carbons (Fsp3) is 0.400. The van der Waals surface area contributed by atoms with Crippen molar-refractivity contribution in [3.8, 4) is 11.3 Å². The number of aromatic nitrogens is 1. The van der Waals surface area contributed by atoms with Gasteiger partial charge in [-0.25, -0.2) is 4.98 Å². The quantitative estimate of drug-likeness (QED) is 0.415. The predicted molar refractivity (Wildman–Crippen MR) is 123 cm³/mol. The van der Waals surface area contributed by atoms with E-state index in [0.29, 0.717) is 11.6 Å². The maximum atomic E-state index is 11.2. The summed E-state index contributed by atoms with van der Waals surface area (Å²) >= 11 is 6.05. The summed E-state index contributed by atoms with van der Waals surface area (Å²) in [6.07, 6.45) is 4.09. The van der Waals surface area contributed by atoms with E-state index in [4.69, 9.17) is 16.6 Å².